The lowest BCUT2D eigenvalue weighted by molar-refractivity contribution is 0.0925. The highest BCUT2D eigenvalue weighted by Gasteiger charge is 2.28. The van der Waals surface area contributed by atoms with Crippen LogP contribution >= 0.6 is 11.3 Å². The molecule has 0 atom stereocenters. The van der Waals surface area contributed by atoms with Crippen LogP contribution < -0.4 is 16.1 Å². The van der Waals surface area contributed by atoms with Crippen LogP contribution in [0.25, 0.3) is 11.3 Å². The summed E-state index contributed by atoms with van der Waals surface area (Å²) < 4.78 is 1.86. The number of nitrogens with one attached hydrogen (secondary N) is 2. The molecule has 0 radical (unpaired) electrons. The third-order valence-electron chi connectivity index (χ3n) is 6.69. The normalized spacial score (nSPS) is 16.1. The van der Waals surface area contributed by atoms with E-state index in [2.05, 4.69) is 15.6 Å². The summed E-state index contributed by atoms with van der Waals surface area (Å²) in [5, 5.41) is 8.80. The van der Waals surface area contributed by atoms with Gasteiger partial charge in [-0.15, -0.1) is 11.3 Å². The molecule has 0 saturated heterocycles. The van der Waals surface area contributed by atoms with Crippen molar-refractivity contribution >= 4 is 23.2 Å². The van der Waals surface area contributed by atoms with Crippen molar-refractivity contribution < 1.29 is 9.59 Å². The SMILES string of the molecule is O=C(NCCc1nc(-c2ccccc2)cs1)c1cn(C2CC2)cc(C(=O)NC2CCCCC2)c1=O. The van der Waals surface area contributed by atoms with Crippen LogP contribution in [0.3, 0.4) is 0 Å². The van der Waals surface area contributed by atoms with Gasteiger partial charge in [0.2, 0.25) is 5.43 Å². The number of rotatable bonds is 8. The molecular weight excluding hydrogens is 460 g/mol. The zero-order chi connectivity index (χ0) is 24.2. The number of nitrogens with zero attached hydrogens (tertiary/aromatic N) is 2. The van der Waals surface area contributed by atoms with Gasteiger partial charge in [-0.25, -0.2) is 4.98 Å². The largest absolute Gasteiger partial charge is 0.351 e. The van der Waals surface area contributed by atoms with E-state index in [1.54, 1.807) is 23.7 Å². The number of amides is 2. The summed E-state index contributed by atoms with van der Waals surface area (Å²) in [6.07, 6.45) is 11.0. The number of hydrogen-bond acceptors (Lipinski definition) is 5. The van der Waals surface area contributed by atoms with Crippen LogP contribution in [0.4, 0.5) is 0 Å². The van der Waals surface area contributed by atoms with Crippen LogP contribution in [0.5, 0.6) is 0 Å². The summed E-state index contributed by atoms with van der Waals surface area (Å²) in [6.45, 7) is 0.363. The fraction of sp³-hybridized carbons (Fsp3) is 0.407. The van der Waals surface area contributed by atoms with Crippen molar-refractivity contribution in [3.63, 3.8) is 0 Å². The summed E-state index contributed by atoms with van der Waals surface area (Å²) in [4.78, 5) is 43.7. The van der Waals surface area contributed by atoms with Crippen LogP contribution in [0.15, 0.2) is 52.9 Å². The van der Waals surface area contributed by atoms with Crippen molar-refractivity contribution in [3.05, 3.63) is 74.5 Å². The fourth-order valence-electron chi connectivity index (χ4n) is 4.56. The Bertz CT molecular complexity index is 1260. The minimum atomic E-state index is -0.506. The molecule has 2 amide bonds. The molecule has 0 bridgehead atoms. The molecule has 2 aliphatic carbocycles. The molecule has 0 unspecified atom stereocenters. The molecule has 1 aromatic carbocycles. The first-order valence-electron chi connectivity index (χ1n) is 12.4. The van der Waals surface area contributed by atoms with E-state index in [4.69, 9.17) is 0 Å². The number of hydrogen-bond donors (Lipinski definition) is 2. The van der Waals surface area contributed by atoms with E-state index in [-0.39, 0.29) is 29.1 Å². The van der Waals surface area contributed by atoms with E-state index in [1.165, 1.54) is 6.42 Å². The van der Waals surface area contributed by atoms with Gasteiger partial charge in [-0.1, -0.05) is 49.6 Å². The van der Waals surface area contributed by atoms with E-state index in [9.17, 15) is 14.4 Å². The highest BCUT2D eigenvalue weighted by Crippen LogP contribution is 2.34. The highest BCUT2D eigenvalue weighted by molar-refractivity contribution is 7.09. The van der Waals surface area contributed by atoms with Crippen LogP contribution in [0.2, 0.25) is 0 Å². The Balaban J connectivity index is 1.26. The van der Waals surface area contributed by atoms with Crippen molar-refractivity contribution in [3.8, 4) is 11.3 Å². The van der Waals surface area contributed by atoms with Gasteiger partial charge >= 0.3 is 0 Å². The van der Waals surface area contributed by atoms with Crippen LogP contribution in [-0.2, 0) is 6.42 Å². The maximum absolute atomic E-state index is 13.1. The lowest BCUT2D eigenvalue weighted by Crippen LogP contribution is -2.40. The molecule has 2 aliphatic rings. The molecule has 3 aromatic rings. The average Bonchev–Trinajstić information content (AvgIpc) is 3.63. The van der Waals surface area contributed by atoms with Gasteiger partial charge < -0.3 is 15.2 Å². The Kier molecular flexibility index (Phi) is 7.08. The Morgan fingerprint density at radius 3 is 2.40 bits per heavy atom. The molecule has 2 saturated carbocycles. The van der Waals surface area contributed by atoms with Crippen molar-refractivity contribution in [2.45, 2.75) is 63.5 Å². The number of thiazole rings is 1. The zero-order valence-electron chi connectivity index (χ0n) is 19.7. The van der Waals surface area contributed by atoms with Crippen molar-refractivity contribution in [1.29, 1.82) is 0 Å². The molecule has 2 aromatic heterocycles. The molecule has 8 heteroatoms. The van der Waals surface area contributed by atoms with Crippen molar-refractivity contribution in [2.75, 3.05) is 6.54 Å². The van der Waals surface area contributed by atoms with E-state index < -0.39 is 11.3 Å². The third kappa shape index (κ3) is 5.70. The lowest BCUT2D eigenvalue weighted by Gasteiger charge is -2.23. The second-order valence-corrected chi connectivity index (χ2v) is 10.3. The Labute approximate surface area is 208 Å². The van der Waals surface area contributed by atoms with Gasteiger partial charge in [0.15, 0.2) is 0 Å². The average molecular weight is 491 g/mol. The number of carbonyl (C=O) groups is 2. The van der Waals surface area contributed by atoms with Crippen molar-refractivity contribution in [2.24, 2.45) is 0 Å². The molecule has 2 N–H and O–H groups in total. The number of benzene rings is 1. The topological polar surface area (TPSA) is 93.1 Å². The summed E-state index contributed by atoms with van der Waals surface area (Å²) in [6, 6.07) is 10.3. The monoisotopic (exact) mass is 490 g/mol. The second kappa shape index (κ2) is 10.6. The highest BCUT2D eigenvalue weighted by atomic mass is 32.1. The zero-order valence-corrected chi connectivity index (χ0v) is 20.5. The smallest absolute Gasteiger partial charge is 0.256 e. The van der Waals surface area contributed by atoms with Gasteiger partial charge in [0, 0.05) is 48.4 Å². The summed E-state index contributed by atoms with van der Waals surface area (Å²) in [7, 11) is 0. The molecule has 7 nitrogen and oxygen atoms in total. The number of pyridine rings is 1. The first-order chi connectivity index (χ1) is 17.1. The predicted octanol–water partition coefficient (Wildman–Crippen LogP) is 4.34. The van der Waals surface area contributed by atoms with Gasteiger partial charge in [0.25, 0.3) is 11.8 Å². The first-order valence-corrected chi connectivity index (χ1v) is 13.3. The third-order valence-corrected chi connectivity index (χ3v) is 7.60. The summed E-state index contributed by atoms with van der Waals surface area (Å²) >= 11 is 1.55. The molecular formula is C27H30N4O3S. The quantitative estimate of drug-likeness (QED) is 0.491. The minimum Gasteiger partial charge on any atom is -0.351 e. The van der Waals surface area contributed by atoms with Gasteiger partial charge in [-0.05, 0) is 25.7 Å². The van der Waals surface area contributed by atoms with E-state index in [0.29, 0.717) is 13.0 Å². The van der Waals surface area contributed by atoms with Gasteiger partial charge in [-0.3, -0.25) is 14.4 Å². The minimum absolute atomic E-state index is 0.0253. The van der Waals surface area contributed by atoms with Crippen LogP contribution in [-0.4, -0.2) is 34.0 Å². The van der Waals surface area contributed by atoms with E-state index >= 15 is 0 Å². The maximum atomic E-state index is 13.1. The standard InChI is InChI=1S/C27H30N4O3S/c32-25-21(26(33)28-14-13-24-30-23(17-35-24)18-7-3-1-4-8-18)15-31(20-11-12-20)16-22(25)27(34)29-19-9-5-2-6-10-19/h1,3-4,7-8,15-17,19-20H,2,5-6,9-14H2,(H,28,33)(H,29,34). The Morgan fingerprint density at radius 2 is 1.69 bits per heavy atom. The maximum Gasteiger partial charge on any atom is 0.256 e. The van der Waals surface area contributed by atoms with E-state index in [1.807, 2.05) is 40.3 Å². The van der Waals surface area contributed by atoms with Gasteiger partial charge in [0.1, 0.15) is 11.1 Å². The molecule has 2 heterocycles. The van der Waals surface area contributed by atoms with Crippen LogP contribution in [0.1, 0.15) is 76.7 Å². The Hall–Kier alpha value is -3.26. The number of aromatic nitrogens is 2. The Morgan fingerprint density at radius 1 is 0.971 bits per heavy atom. The molecule has 0 spiro atoms. The van der Waals surface area contributed by atoms with Gasteiger partial charge in [0.05, 0.1) is 10.7 Å². The molecule has 0 aliphatic heterocycles. The number of carbonyl (C=O) groups excluding carboxylic acids is 2. The fourth-order valence-corrected chi connectivity index (χ4v) is 5.37. The predicted molar refractivity (Wildman–Crippen MR) is 137 cm³/mol. The molecule has 182 valence electrons. The van der Waals surface area contributed by atoms with Gasteiger partial charge in [-0.2, -0.15) is 0 Å². The molecule has 35 heavy (non-hydrogen) atoms. The van der Waals surface area contributed by atoms with Crippen LogP contribution in [0, 0.1) is 0 Å². The lowest BCUT2D eigenvalue weighted by atomic mass is 9.95. The summed E-state index contributed by atoms with van der Waals surface area (Å²) in [5.41, 5.74) is 1.55. The second-order valence-electron chi connectivity index (χ2n) is 9.40. The molecule has 5 rings (SSSR count). The first kappa shape index (κ1) is 23.5. The van der Waals surface area contributed by atoms with Crippen molar-refractivity contribution in [1.82, 2.24) is 20.2 Å². The molecule has 2 fully saturated rings. The summed E-state index contributed by atoms with van der Waals surface area (Å²) in [5.74, 6) is -0.821. The van der Waals surface area contributed by atoms with E-state index in [0.717, 1.165) is 54.8 Å².